The molecule has 1 aromatic heterocycles. The minimum Gasteiger partial charge on any atom is -0.350 e. The predicted octanol–water partition coefficient (Wildman–Crippen LogP) is 2.46. The molecule has 0 spiro atoms. The van der Waals surface area contributed by atoms with Crippen LogP contribution in [-0.4, -0.2) is 20.9 Å². The molecular weight excluding hydrogens is 258 g/mol. The minimum atomic E-state index is -0.430. The van der Waals surface area contributed by atoms with E-state index in [4.69, 9.17) is 0 Å². The van der Waals surface area contributed by atoms with E-state index < -0.39 is 4.92 Å². The Morgan fingerprint density at radius 3 is 2.65 bits per heavy atom. The van der Waals surface area contributed by atoms with Crippen molar-refractivity contribution in [1.29, 1.82) is 0 Å². The first kappa shape index (κ1) is 14.0. The van der Waals surface area contributed by atoms with Crippen LogP contribution in [0.1, 0.15) is 20.8 Å². The molecule has 1 heterocycles. The summed E-state index contributed by atoms with van der Waals surface area (Å²) >= 11 is 0. The Kier molecular flexibility index (Phi) is 3.48. The van der Waals surface area contributed by atoms with Crippen molar-refractivity contribution in [2.24, 2.45) is 0 Å². The van der Waals surface area contributed by atoms with Gasteiger partial charge in [0.1, 0.15) is 12.1 Å². The number of hydrogen-bond donors (Lipinski definition) is 1. The largest absolute Gasteiger partial charge is 0.350 e. The zero-order valence-electron chi connectivity index (χ0n) is 11.7. The summed E-state index contributed by atoms with van der Waals surface area (Å²) < 4.78 is 1.61. The Morgan fingerprint density at radius 1 is 1.35 bits per heavy atom. The van der Waals surface area contributed by atoms with Gasteiger partial charge in [0.05, 0.1) is 4.92 Å². The zero-order valence-corrected chi connectivity index (χ0v) is 11.7. The van der Waals surface area contributed by atoms with Crippen LogP contribution in [0.25, 0.3) is 10.9 Å². The number of nitrogens with one attached hydrogen (secondary N) is 1. The minimum absolute atomic E-state index is 0.0102. The number of aromatic nitrogens is 1. The Labute approximate surface area is 116 Å². The average Bonchev–Trinajstić information content (AvgIpc) is 2.69. The third kappa shape index (κ3) is 2.96. The molecule has 2 rings (SSSR count). The number of hydrogen-bond acceptors (Lipinski definition) is 3. The van der Waals surface area contributed by atoms with Gasteiger partial charge < -0.3 is 9.88 Å². The molecule has 1 amide bonds. The maximum Gasteiger partial charge on any atom is 0.293 e. The van der Waals surface area contributed by atoms with Crippen molar-refractivity contribution >= 4 is 22.5 Å². The maximum absolute atomic E-state index is 11.9. The molecule has 0 fully saturated rings. The second-order valence-electron chi connectivity index (χ2n) is 5.71. The summed E-state index contributed by atoms with van der Waals surface area (Å²) in [6.07, 6.45) is 1.69. The molecule has 0 atom stereocenters. The number of para-hydroxylation sites is 1. The van der Waals surface area contributed by atoms with Crippen molar-refractivity contribution in [2.75, 3.05) is 0 Å². The summed E-state index contributed by atoms with van der Waals surface area (Å²) in [4.78, 5) is 22.6. The number of nitro benzene ring substituents is 1. The molecule has 0 unspecified atom stereocenters. The average molecular weight is 275 g/mol. The summed E-state index contributed by atoms with van der Waals surface area (Å²) in [6, 6.07) is 6.65. The van der Waals surface area contributed by atoms with Gasteiger partial charge in [0, 0.05) is 23.2 Å². The van der Waals surface area contributed by atoms with E-state index in [1.54, 1.807) is 29.0 Å². The van der Waals surface area contributed by atoms with E-state index in [2.05, 4.69) is 5.32 Å². The van der Waals surface area contributed by atoms with Gasteiger partial charge in [-0.05, 0) is 26.8 Å². The van der Waals surface area contributed by atoms with Crippen molar-refractivity contribution in [3.05, 3.63) is 40.6 Å². The quantitative estimate of drug-likeness (QED) is 0.690. The van der Waals surface area contributed by atoms with Gasteiger partial charge in [-0.15, -0.1) is 0 Å². The molecule has 0 aliphatic rings. The molecular formula is C14H17N3O3. The molecule has 106 valence electrons. The number of benzene rings is 1. The first-order chi connectivity index (χ1) is 9.28. The zero-order chi connectivity index (χ0) is 14.9. The Bertz CT molecular complexity index is 668. The number of rotatable bonds is 3. The van der Waals surface area contributed by atoms with Crippen molar-refractivity contribution in [1.82, 2.24) is 9.88 Å². The molecule has 0 bridgehead atoms. The topological polar surface area (TPSA) is 77.2 Å². The van der Waals surface area contributed by atoms with E-state index in [0.717, 1.165) is 5.39 Å². The Hall–Kier alpha value is -2.37. The first-order valence-corrected chi connectivity index (χ1v) is 6.31. The van der Waals surface area contributed by atoms with Gasteiger partial charge in [-0.1, -0.05) is 12.1 Å². The van der Waals surface area contributed by atoms with E-state index in [9.17, 15) is 14.9 Å². The van der Waals surface area contributed by atoms with Gasteiger partial charge in [-0.3, -0.25) is 14.9 Å². The van der Waals surface area contributed by atoms with Crippen LogP contribution in [-0.2, 0) is 11.3 Å². The number of nitrogens with zero attached hydrogens (tertiary/aromatic N) is 2. The Balaban J connectivity index is 2.36. The van der Waals surface area contributed by atoms with Crippen LogP contribution >= 0.6 is 0 Å². The molecule has 20 heavy (non-hydrogen) atoms. The van der Waals surface area contributed by atoms with E-state index in [1.807, 2.05) is 20.8 Å². The normalized spacial score (nSPS) is 11.6. The third-order valence-electron chi connectivity index (χ3n) is 2.79. The van der Waals surface area contributed by atoms with Gasteiger partial charge in [-0.25, -0.2) is 0 Å². The van der Waals surface area contributed by atoms with E-state index in [0.29, 0.717) is 5.52 Å². The number of amides is 1. The molecule has 0 saturated heterocycles. The molecule has 0 radical (unpaired) electrons. The lowest BCUT2D eigenvalue weighted by Crippen LogP contribution is -2.42. The lowest BCUT2D eigenvalue weighted by Gasteiger charge is -2.20. The van der Waals surface area contributed by atoms with Gasteiger partial charge in [0.2, 0.25) is 5.91 Å². The molecule has 1 aromatic carbocycles. The number of non-ortho nitro benzene ring substituents is 1. The number of fused-ring (bicyclic) bond motifs is 1. The summed E-state index contributed by atoms with van der Waals surface area (Å²) in [5.74, 6) is -0.173. The first-order valence-electron chi connectivity index (χ1n) is 6.31. The summed E-state index contributed by atoms with van der Waals surface area (Å²) in [7, 11) is 0. The molecule has 0 aliphatic carbocycles. The lowest BCUT2D eigenvalue weighted by molar-refractivity contribution is -0.383. The van der Waals surface area contributed by atoms with Crippen LogP contribution in [0.2, 0.25) is 0 Å². The van der Waals surface area contributed by atoms with Crippen LogP contribution in [0.4, 0.5) is 5.69 Å². The molecule has 1 N–H and O–H groups in total. The van der Waals surface area contributed by atoms with E-state index >= 15 is 0 Å². The smallest absolute Gasteiger partial charge is 0.293 e. The van der Waals surface area contributed by atoms with E-state index in [-0.39, 0.29) is 23.7 Å². The van der Waals surface area contributed by atoms with Crippen LogP contribution < -0.4 is 5.32 Å². The number of nitro groups is 1. The fourth-order valence-electron chi connectivity index (χ4n) is 2.13. The molecule has 2 aromatic rings. The standard InChI is InChI=1S/C14H17N3O3/c1-14(2,3)15-12(18)9-16-8-7-10-5-4-6-11(13(10)16)17(19)20/h4-8H,9H2,1-3H3,(H,15,18). The van der Waals surface area contributed by atoms with Crippen LogP contribution in [0.5, 0.6) is 0 Å². The summed E-state index contributed by atoms with van der Waals surface area (Å²) in [6.45, 7) is 5.73. The van der Waals surface area contributed by atoms with Crippen molar-refractivity contribution in [3.8, 4) is 0 Å². The van der Waals surface area contributed by atoms with Gasteiger partial charge in [0.15, 0.2) is 0 Å². The lowest BCUT2D eigenvalue weighted by atomic mass is 10.1. The number of carbonyl (C=O) groups is 1. The highest BCUT2D eigenvalue weighted by Gasteiger charge is 2.18. The van der Waals surface area contributed by atoms with Crippen LogP contribution in [0.3, 0.4) is 0 Å². The SMILES string of the molecule is CC(C)(C)NC(=O)Cn1ccc2cccc([N+](=O)[O-])c21. The van der Waals surface area contributed by atoms with Gasteiger partial charge in [0.25, 0.3) is 5.69 Å². The predicted molar refractivity (Wildman–Crippen MR) is 76.5 cm³/mol. The van der Waals surface area contributed by atoms with Crippen molar-refractivity contribution in [2.45, 2.75) is 32.9 Å². The van der Waals surface area contributed by atoms with Gasteiger partial charge in [-0.2, -0.15) is 0 Å². The van der Waals surface area contributed by atoms with E-state index in [1.165, 1.54) is 6.07 Å². The summed E-state index contributed by atoms with van der Waals surface area (Å²) in [5.41, 5.74) is 0.156. The Morgan fingerprint density at radius 2 is 2.05 bits per heavy atom. The molecule has 0 aliphatic heterocycles. The highest BCUT2D eigenvalue weighted by molar-refractivity contribution is 5.90. The summed E-state index contributed by atoms with van der Waals surface area (Å²) in [5, 5.41) is 14.7. The number of carbonyl (C=O) groups excluding carboxylic acids is 1. The third-order valence-corrected chi connectivity index (χ3v) is 2.79. The maximum atomic E-state index is 11.9. The van der Waals surface area contributed by atoms with Crippen molar-refractivity contribution in [3.63, 3.8) is 0 Å². The molecule has 6 nitrogen and oxygen atoms in total. The van der Waals surface area contributed by atoms with Crippen molar-refractivity contribution < 1.29 is 9.72 Å². The highest BCUT2D eigenvalue weighted by Crippen LogP contribution is 2.26. The van der Waals surface area contributed by atoms with Gasteiger partial charge >= 0.3 is 0 Å². The fraction of sp³-hybridized carbons (Fsp3) is 0.357. The highest BCUT2D eigenvalue weighted by atomic mass is 16.6. The van der Waals surface area contributed by atoms with Crippen LogP contribution in [0, 0.1) is 10.1 Å². The molecule has 0 saturated carbocycles. The van der Waals surface area contributed by atoms with Crippen LogP contribution in [0.15, 0.2) is 30.5 Å². The fourth-order valence-corrected chi connectivity index (χ4v) is 2.13. The second-order valence-corrected chi connectivity index (χ2v) is 5.71. The molecule has 6 heteroatoms. The second kappa shape index (κ2) is 4.96. The monoisotopic (exact) mass is 275 g/mol.